The highest BCUT2D eigenvalue weighted by Gasteiger charge is 2.32. The van der Waals surface area contributed by atoms with Gasteiger partial charge in [-0.15, -0.1) is 0 Å². The number of nitrogens with one attached hydrogen (secondary N) is 1. The van der Waals surface area contributed by atoms with E-state index in [1.54, 1.807) is 12.1 Å². The van der Waals surface area contributed by atoms with Crippen LogP contribution in [0.25, 0.3) is 17.0 Å². The van der Waals surface area contributed by atoms with Crippen molar-refractivity contribution < 1.29 is 24.6 Å². The molecule has 5 rings (SSSR count). The summed E-state index contributed by atoms with van der Waals surface area (Å²) in [5, 5.41) is 22.9. The number of aryl methyl sites for hydroxylation is 1. The number of quaternary nitrogens is 1. The van der Waals surface area contributed by atoms with E-state index in [1.807, 2.05) is 42.1 Å². The highest BCUT2D eigenvalue weighted by molar-refractivity contribution is 6.15. The van der Waals surface area contributed by atoms with Crippen molar-refractivity contribution in [2.45, 2.75) is 6.54 Å². The SMILES string of the molecule is Cn1cc(C=C2Oc3c(ccc([O-])c3C[NH+]3CCN(CCO)CC3)C2=O)c2ccccc21. The van der Waals surface area contributed by atoms with Crippen LogP contribution in [0, 0.1) is 0 Å². The average molecular weight is 434 g/mol. The van der Waals surface area contributed by atoms with E-state index in [2.05, 4.69) is 4.90 Å². The summed E-state index contributed by atoms with van der Waals surface area (Å²) in [7, 11) is 1.97. The first-order valence-corrected chi connectivity index (χ1v) is 11.0. The number of piperazine rings is 1. The number of β-amino-alcohol motifs (C(OH)–C–C–N with tert-alkyl or cyclic N) is 1. The minimum atomic E-state index is -0.183. The molecule has 2 aliphatic rings. The monoisotopic (exact) mass is 433 g/mol. The van der Waals surface area contributed by atoms with Crippen LogP contribution in [0.15, 0.2) is 48.4 Å². The number of allylic oxidation sites excluding steroid dienone is 1. The van der Waals surface area contributed by atoms with Gasteiger partial charge in [0.15, 0.2) is 5.76 Å². The van der Waals surface area contributed by atoms with E-state index < -0.39 is 0 Å². The zero-order valence-corrected chi connectivity index (χ0v) is 18.1. The summed E-state index contributed by atoms with van der Waals surface area (Å²) in [6, 6.07) is 11.1. The number of ether oxygens (including phenoxy) is 1. The third-order valence-electron chi connectivity index (χ3n) is 6.52. The van der Waals surface area contributed by atoms with Gasteiger partial charge in [-0.1, -0.05) is 30.0 Å². The molecule has 2 aliphatic heterocycles. The van der Waals surface area contributed by atoms with E-state index in [1.165, 1.54) is 11.0 Å². The van der Waals surface area contributed by atoms with Crippen molar-refractivity contribution in [1.82, 2.24) is 9.47 Å². The molecule has 0 bridgehead atoms. The van der Waals surface area contributed by atoms with Gasteiger partial charge >= 0.3 is 0 Å². The van der Waals surface area contributed by atoms with Gasteiger partial charge in [0.1, 0.15) is 12.3 Å². The summed E-state index contributed by atoms with van der Waals surface area (Å²) >= 11 is 0. The lowest BCUT2D eigenvalue weighted by atomic mass is 10.0. The standard InChI is InChI=1S/C25H27N3O4/c1-26-15-17(18-4-2-3-5-21(18)26)14-23-24(31)19-6-7-22(30)20(25(19)32-23)16-28-10-8-27(9-11-28)12-13-29/h2-7,14-15,29-30H,8-13,16H2,1H3. The number of hydrogen-bond donors (Lipinski definition) is 2. The number of carbonyl (C=O) groups is 1. The molecule has 7 nitrogen and oxygen atoms in total. The minimum absolute atomic E-state index is 0.0896. The maximum absolute atomic E-state index is 13.1. The van der Waals surface area contributed by atoms with Crippen molar-refractivity contribution in [1.29, 1.82) is 0 Å². The Hall–Kier alpha value is -3.13. The van der Waals surface area contributed by atoms with Crippen LogP contribution in [0.5, 0.6) is 11.5 Å². The smallest absolute Gasteiger partial charge is 0.231 e. The Kier molecular flexibility index (Phi) is 5.46. The van der Waals surface area contributed by atoms with Crippen LogP contribution in [0.1, 0.15) is 21.5 Å². The van der Waals surface area contributed by atoms with E-state index in [-0.39, 0.29) is 23.9 Å². The summed E-state index contributed by atoms with van der Waals surface area (Å²) in [5.74, 6) is 0.399. The number of aliphatic hydroxyl groups excluding tert-OH is 1. The van der Waals surface area contributed by atoms with Gasteiger partial charge in [-0.25, -0.2) is 0 Å². The van der Waals surface area contributed by atoms with Crippen molar-refractivity contribution in [3.05, 3.63) is 65.0 Å². The highest BCUT2D eigenvalue weighted by atomic mass is 16.5. The summed E-state index contributed by atoms with van der Waals surface area (Å²) in [6.45, 7) is 4.90. The number of carbonyl (C=O) groups excluding carboxylic acids is 1. The first kappa shape index (κ1) is 20.8. The second kappa shape index (κ2) is 8.43. The molecule has 2 N–H and O–H groups in total. The molecule has 0 saturated carbocycles. The number of fused-ring (bicyclic) bond motifs is 2. The van der Waals surface area contributed by atoms with Crippen molar-refractivity contribution >= 4 is 22.8 Å². The van der Waals surface area contributed by atoms with Crippen LogP contribution in [0.3, 0.4) is 0 Å². The van der Waals surface area contributed by atoms with Gasteiger partial charge < -0.3 is 24.4 Å². The molecule has 7 heteroatoms. The number of aromatic nitrogens is 1. The van der Waals surface area contributed by atoms with E-state index in [9.17, 15) is 9.90 Å². The molecule has 0 aliphatic carbocycles. The van der Waals surface area contributed by atoms with Gasteiger partial charge in [0.2, 0.25) is 5.78 Å². The van der Waals surface area contributed by atoms with Crippen LogP contribution < -0.4 is 14.7 Å². The number of para-hydroxylation sites is 1. The molecule has 0 spiro atoms. The second-order valence-electron chi connectivity index (χ2n) is 8.56. The van der Waals surface area contributed by atoms with Crippen molar-refractivity contribution in [3.63, 3.8) is 0 Å². The quantitative estimate of drug-likeness (QED) is 0.575. The number of aliphatic hydroxyl groups is 1. The van der Waals surface area contributed by atoms with Crippen LogP contribution in [0.2, 0.25) is 0 Å². The summed E-state index contributed by atoms with van der Waals surface area (Å²) in [6.07, 6.45) is 3.76. The first-order valence-electron chi connectivity index (χ1n) is 11.0. The fourth-order valence-electron chi connectivity index (χ4n) is 4.75. The fourth-order valence-corrected chi connectivity index (χ4v) is 4.75. The maximum atomic E-state index is 13.1. The molecule has 2 aromatic carbocycles. The third kappa shape index (κ3) is 3.68. The Labute approximate surface area is 186 Å². The highest BCUT2D eigenvalue weighted by Crippen LogP contribution is 2.38. The van der Waals surface area contributed by atoms with Crippen LogP contribution in [0.4, 0.5) is 0 Å². The summed E-state index contributed by atoms with van der Waals surface area (Å²) < 4.78 is 8.06. The van der Waals surface area contributed by atoms with Gasteiger partial charge in [-0.2, -0.15) is 0 Å². The Morgan fingerprint density at radius 2 is 1.97 bits per heavy atom. The summed E-state index contributed by atoms with van der Waals surface area (Å²) in [4.78, 5) is 16.6. The molecular weight excluding hydrogens is 406 g/mol. The van der Waals surface area contributed by atoms with Gasteiger partial charge in [0, 0.05) is 54.9 Å². The minimum Gasteiger partial charge on any atom is -0.872 e. The average Bonchev–Trinajstić information content (AvgIpc) is 3.29. The molecule has 3 heterocycles. The lowest BCUT2D eigenvalue weighted by Crippen LogP contribution is -3.13. The van der Waals surface area contributed by atoms with Gasteiger partial charge in [0.25, 0.3) is 0 Å². The number of Topliss-reactive ketones (excluding diaryl/α,β-unsaturated/α-hetero) is 1. The molecule has 32 heavy (non-hydrogen) atoms. The topological polar surface area (TPSA) is 82.2 Å². The third-order valence-corrected chi connectivity index (χ3v) is 6.52. The van der Waals surface area contributed by atoms with Crippen LogP contribution >= 0.6 is 0 Å². The number of benzene rings is 2. The normalized spacial score (nSPS) is 18.4. The van der Waals surface area contributed by atoms with E-state index in [0.29, 0.717) is 30.0 Å². The molecule has 0 atom stereocenters. The first-order chi connectivity index (χ1) is 15.5. The maximum Gasteiger partial charge on any atom is 0.231 e. The second-order valence-corrected chi connectivity index (χ2v) is 8.56. The number of hydrogen-bond acceptors (Lipinski definition) is 5. The van der Waals surface area contributed by atoms with Crippen LogP contribution in [-0.2, 0) is 13.6 Å². The molecule has 0 unspecified atom stereocenters. The van der Waals surface area contributed by atoms with Crippen molar-refractivity contribution in [2.24, 2.45) is 7.05 Å². The fraction of sp³-hybridized carbons (Fsp3) is 0.320. The van der Waals surface area contributed by atoms with E-state index in [0.717, 1.165) is 42.6 Å². The molecule has 1 aromatic heterocycles. The lowest BCUT2D eigenvalue weighted by molar-refractivity contribution is -0.918. The van der Waals surface area contributed by atoms with Gasteiger partial charge in [-0.05, 0) is 18.2 Å². The Balaban J connectivity index is 1.42. The molecular formula is C25H27N3O4. The Morgan fingerprint density at radius 1 is 1.19 bits per heavy atom. The van der Waals surface area contributed by atoms with Gasteiger partial charge in [0.05, 0.1) is 25.3 Å². The molecule has 166 valence electrons. The lowest BCUT2D eigenvalue weighted by Gasteiger charge is -2.32. The zero-order valence-electron chi connectivity index (χ0n) is 18.1. The van der Waals surface area contributed by atoms with E-state index in [4.69, 9.17) is 9.84 Å². The largest absolute Gasteiger partial charge is 0.872 e. The molecule has 0 radical (unpaired) electrons. The summed E-state index contributed by atoms with van der Waals surface area (Å²) in [5.41, 5.74) is 3.02. The number of ketones is 1. The molecule has 1 saturated heterocycles. The van der Waals surface area contributed by atoms with E-state index >= 15 is 0 Å². The van der Waals surface area contributed by atoms with Gasteiger partial charge in [-0.3, -0.25) is 9.69 Å². The van der Waals surface area contributed by atoms with Crippen molar-refractivity contribution in [3.8, 4) is 11.5 Å². The Bertz CT molecular complexity index is 1210. The Morgan fingerprint density at radius 3 is 2.75 bits per heavy atom. The number of rotatable bonds is 5. The predicted octanol–water partition coefficient (Wildman–Crippen LogP) is 0.561. The zero-order chi connectivity index (χ0) is 22.2. The van der Waals surface area contributed by atoms with Crippen LogP contribution in [-0.4, -0.2) is 59.7 Å². The predicted molar refractivity (Wildman–Crippen MR) is 120 cm³/mol. The molecule has 0 amide bonds. The molecule has 1 fully saturated rings. The molecule has 3 aromatic rings. The van der Waals surface area contributed by atoms with Crippen molar-refractivity contribution in [2.75, 3.05) is 39.3 Å². The number of nitrogens with zero attached hydrogens (tertiary/aromatic N) is 2.